The molecule has 1 aliphatic heterocycles. The number of hydrogen-bond donors (Lipinski definition) is 1. The van der Waals surface area contributed by atoms with Gasteiger partial charge in [-0.1, -0.05) is 23.2 Å². The Morgan fingerprint density at radius 1 is 1.00 bits per heavy atom. The molecule has 1 saturated heterocycles. The molecule has 0 aliphatic carbocycles. The molecule has 2 heterocycles. The molecule has 1 aromatic heterocycles. The molecule has 3 aromatic carbocycles. The van der Waals surface area contributed by atoms with Gasteiger partial charge in [-0.25, -0.2) is 13.8 Å². The normalized spacial score (nSPS) is 13.6. The van der Waals surface area contributed by atoms with E-state index < -0.39 is 17.5 Å². The number of carbonyl (C=O) groups is 1. The van der Waals surface area contributed by atoms with Gasteiger partial charge in [-0.3, -0.25) is 9.78 Å². The summed E-state index contributed by atoms with van der Waals surface area (Å²) in [6.07, 6.45) is 1.70. The molecule has 0 spiro atoms. The van der Waals surface area contributed by atoms with Crippen molar-refractivity contribution in [2.45, 2.75) is 0 Å². The van der Waals surface area contributed by atoms with Crippen LogP contribution in [0.5, 0.6) is 11.5 Å². The van der Waals surface area contributed by atoms with Crippen LogP contribution in [0.3, 0.4) is 0 Å². The lowest BCUT2D eigenvalue weighted by molar-refractivity contribution is 0.102. The molecule has 0 bridgehead atoms. The van der Waals surface area contributed by atoms with E-state index in [0.29, 0.717) is 43.2 Å². The number of anilines is 2. The van der Waals surface area contributed by atoms with E-state index >= 15 is 0 Å². The number of nitrogens with one attached hydrogen (secondary N) is 1. The maximum atomic E-state index is 14.7. The van der Waals surface area contributed by atoms with Gasteiger partial charge in [0.1, 0.15) is 22.4 Å². The van der Waals surface area contributed by atoms with Crippen molar-refractivity contribution in [1.82, 2.24) is 9.97 Å². The number of amides is 1. The van der Waals surface area contributed by atoms with Gasteiger partial charge in [0.25, 0.3) is 5.91 Å². The van der Waals surface area contributed by atoms with Crippen molar-refractivity contribution in [3.8, 4) is 11.5 Å². The second-order valence-corrected chi connectivity index (χ2v) is 8.69. The highest BCUT2D eigenvalue weighted by Gasteiger charge is 2.18. The van der Waals surface area contributed by atoms with Gasteiger partial charge in [-0.2, -0.15) is 0 Å². The van der Waals surface area contributed by atoms with Crippen molar-refractivity contribution in [1.29, 1.82) is 0 Å². The Balaban J connectivity index is 1.40. The first kappa shape index (κ1) is 24.2. The molecule has 36 heavy (non-hydrogen) atoms. The number of rotatable bonds is 5. The molecular weight excluding hydrogens is 513 g/mol. The van der Waals surface area contributed by atoms with Crippen LogP contribution in [0.1, 0.15) is 10.4 Å². The fourth-order valence-corrected chi connectivity index (χ4v) is 4.02. The topological polar surface area (TPSA) is 76.6 Å². The summed E-state index contributed by atoms with van der Waals surface area (Å²) in [4.78, 5) is 23.7. The summed E-state index contributed by atoms with van der Waals surface area (Å²) in [5.74, 6) is -1.43. The molecule has 184 valence electrons. The quantitative estimate of drug-likeness (QED) is 0.336. The molecule has 1 fully saturated rings. The van der Waals surface area contributed by atoms with E-state index in [1.807, 2.05) is 0 Å². The number of hydrogen-bond acceptors (Lipinski definition) is 6. The van der Waals surface area contributed by atoms with E-state index in [2.05, 4.69) is 20.2 Å². The van der Waals surface area contributed by atoms with Crippen LogP contribution in [-0.4, -0.2) is 42.2 Å². The molecular formula is C25H18Cl2F2N4O3. The summed E-state index contributed by atoms with van der Waals surface area (Å²) < 4.78 is 39.5. The van der Waals surface area contributed by atoms with Gasteiger partial charge in [-0.15, -0.1) is 0 Å². The van der Waals surface area contributed by atoms with Crippen LogP contribution in [0.4, 0.5) is 20.3 Å². The van der Waals surface area contributed by atoms with Gasteiger partial charge in [0, 0.05) is 24.7 Å². The standard InChI is InChI=1S/C25H18Cl2F2N4O3/c26-16-3-1-14(11-18(16)29)25(34)32-20-6-4-17(28)24(23(20)27)36-15-2-5-19-21(12-15)31-22(13-30-19)33-7-9-35-10-8-33/h1-6,11-13H,7-10H2,(H,32,34). The van der Waals surface area contributed by atoms with E-state index in [9.17, 15) is 13.6 Å². The average molecular weight is 531 g/mol. The van der Waals surface area contributed by atoms with Crippen LogP contribution in [0.25, 0.3) is 11.0 Å². The first-order chi connectivity index (χ1) is 17.4. The number of halogens is 4. The van der Waals surface area contributed by atoms with Gasteiger partial charge in [0.05, 0.1) is 41.2 Å². The Hall–Kier alpha value is -3.53. The van der Waals surface area contributed by atoms with E-state index in [4.69, 9.17) is 32.7 Å². The minimum Gasteiger partial charge on any atom is -0.453 e. The molecule has 11 heteroatoms. The average Bonchev–Trinajstić information content (AvgIpc) is 2.89. The van der Waals surface area contributed by atoms with E-state index in [0.717, 1.165) is 12.1 Å². The third-order valence-corrected chi connectivity index (χ3v) is 6.22. The summed E-state index contributed by atoms with van der Waals surface area (Å²) in [6, 6.07) is 11.0. The van der Waals surface area contributed by atoms with Crippen LogP contribution in [0.2, 0.25) is 10.0 Å². The highest BCUT2D eigenvalue weighted by Crippen LogP contribution is 2.38. The highest BCUT2D eigenvalue weighted by atomic mass is 35.5. The second kappa shape index (κ2) is 10.2. The lowest BCUT2D eigenvalue weighted by Gasteiger charge is -2.27. The Morgan fingerprint density at radius 2 is 1.81 bits per heavy atom. The van der Waals surface area contributed by atoms with Gasteiger partial charge in [0.15, 0.2) is 11.6 Å². The molecule has 0 radical (unpaired) electrons. The first-order valence-corrected chi connectivity index (χ1v) is 11.7. The fraction of sp³-hybridized carbons (Fsp3) is 0.160. The van der Waals surface area contributed by atoms with Crippen molar-refractivity contribution in [2.75, 3.05) is 36.5 Å². The van der Waals surface area contributed by atoms with Gasteiger partial charge >= 0.3 is 0 Å². The predicted octanol–water partition coefficient (Wildman–Crippen LogP) is 6.10. The van der Waals surface area contributed by atoms with Crippen molar-refractivity contribution >= 4 is 51.6 Å². The summed E-state index contributed by atoms with van der Waals surface area (Å²) in [7, 11) is 0. The van der Waals surface area contributed by atoms with Crippen LogP contribution in [0, 0.1) is 11.6 Å². The third kappa shape index (κ3) is 5.04. The van der Waals surface area contributed by atoms with Crippen LogP contribution >= 0.6 is 23.2 Å². The Morgan fingerprint density at radius 3 is 2.58 bits per heavy atom. The third-order valence-electron chi connectivity index (χ3n) is 5.54. The van der Waals surface area contributed by atoms with Crippen LogP contribution in [-0.2, 0) is 4.74 Å². The molecule has 0 unspecified atom stereocenters. The summed E-state index contributed by atoms with van der Waals surface area (Å²) >= 11 is 12.0. The molecule has 1 amide bonds. The zero-order chi connectivity index (χ0) is 25.2. The fourth-order valence-electron chi connectivity index (χ4n) is 3.66. The largest absolute Gasteiger partial charge is 0.453 e. The maximum absolute atomic E-state index is 14.7. The Kier molecular flexibility index (Phi) is 6.86. The Labute approximate surface area is 214 Å². The van der Waals surface area contributed by atoms with Crippen molar-refractivity contribution in [3.63, 3.8) is 0 Å². The lowest BCUT2D eigenvalue weighted by atomic mass is 10.2. The summed E-state index contributed by atoms with van der Waals surface area (Å²) in [5.41, 5.74) is 1.30. The highest BCUT2D eigenvalue weighted by molar-refractivity contribution is 6.35. The van der Waals surface area contributed by atoms with Crippen molar-refractivity contribution in [3.05, 3.63) is 82.0 Å². The number of ether oxygens (including phenoxy) is 2. The lowest BCUT2D eigenvalue weighted by Crippen LogP contribution is -2.36. The molecule has 1 N–H and O–H groups in total. The van der Waals surface area contributed by atoms with Crippen LogP contribution < -0.4 is 15.0 Å². The number of aromatic nitrogens is 2. The minimum atomic E-state index is -0.741. The van der Waals surface area contributed by atoms with Crippen molar-refractivity contribution in [2.24, 2.45) is 0 Å². The van der Waals surface area contributed by atoms with E-state index in [1.165, 1.54) is 18.2 Å². The second-order valence-electron chi connectivity index (χ2n) is 7.90. The smallest absolute Gasteiger partial charge is 0.255 e. The van der Waals surface area contributed by atoms with Gasteiger partial charge in [-0.05, 0) is 42.5 Å². The Bertz CT molecular complexity index is 1470. The number of benzene rings is 3. The van der Waals surface area contributed by atoms with E-state index in [1.54, 1.807) is 24.4 Å². The van der Waals surface area contributed by atoms with Gasteiger partial charge in [0.2, 0.25) is 0 Å². The predicted molar refractivity (Wildman–Crippen MR) is 133 cm³/mol. The molecule has 0 atom stereocenters. The number of nitrogens with zero attached hydrogens (tertiary/aromatic N) is 3. The number of carbonyl (C=O) groups excluding carboxylic acids is 1. The van der Waals surface area contributed by atoms with Crippen molar-refractivity contribution < 1.29 is 23.0 Å². The molecule has 0 saturated carbocycles. The molecule has 5 rings (SSSR count). The molecule has 1 aliphatic rings. The maximum Gasteiger partial charge on any atom is 0.255 e. The first-order valence-electron chi connectivity index (χ1n) is 10.9. The summed E-state index contributed by atoms with van der Waals surface area (Å²) in [6.45, 7) is 2.64. The monoisotopic (exact) mass is 530 g/mol. The van der Waals surface area contributed by atoms with E-state index in [-0.39, 0.29) is 32.8 Å². The SMILES string of the molecule is O=C(Nc1ccc(F)c(Oc2ccc3ncc(N4CCOCC4)nc3c2)c1Cl)c1ccc(Cl)c(F)c1. The number of fused-ring (bicyclic) bond motifs is 1. The molecule has 7 nitrogen and oxygen atoms in total. The van der Waals surface area contributed by atoms with Crippen LogP contribution in [0.15, 0.2) is 54.7 Å². The molecule has 4 aromatic rings. The zero-order valence-corrected chi connectivity index (χ0v) is 20.1. The zero-order valence-electron chi connectivity index (χ0n) is 18.6. The van der Waals surface area contributed by atoms with Gasteiger partial charge < -0.3 is 19.7 Å². The summed E-state index contributed by atoms with van der Waals surface area (Å²) in [5, 5.41) is 2.26. The number of morpholine rings is 1. The minimum absolute atomic E-state index is 0.0175.